The monoisotopic (exact) mass is 403 g/mol. The van der Waals surface area contributed by atoms with Crippen LogP contribution in [0.1, 0.15) is 36.5 Å². The van der Waals surface area contributed by atoms with Crippen LogP contribution in [0.4, 0.5) is 4.79 Å². The van der Waals surface area contributed by atoms with E-state index in [4.69, 9.17) is 0 Å². The molecule has 0 spiro atoms. The molecule has 7 heteroatoms. The molecule has 0 aliphatic rings. The second-order valence-electron chi connectivity index (χ2n) is 7.31. The Morgan fingerprint density at radius 3 is 2.18 bits per heavy atom. The van der Waals surface area contributed by atoms with Crippen molar-refractivity contribution in [1.82, 2.24) is 14.5 Å². The van der Waals surface area contributed by atoms with E-state index in [1.165, 1.54) is 24.0 Å². The molecule has 0 heterocycles. The molecule has 152 valence electrons. The van der Waals surface area contributed by atoms with Crippen molar-refractivity contribution in [1.29, 1.82) is 0 Å². The number of nitrogens with one attached hydrogen (secondary N) is 1. The molecule has 0 aromatic heterocycles. The molecule has 2 rings (SSSR count). The maximum atomic E-state index is 12.5. The van der Waals surface area contributed by atoms with Crippen LogP contribution >= 0.6 is 0 Å². The van der Waals surface area contributed by atoms with Gasteiger partial charge in [-0.3, -0.25) is 0 Å². The fourth-order valence-electron chi connectivity index (χ4n) is 2.76. The predicted molar refractivity (Wildman–Crippen MR) is 112 cm³/mol. The molecule has 0 saturated carbocycles. The number of hydrogen-bond acceptors (Lipinski definition) is 3. The van der Waals surface area contributed by atoms with Crippen molar-refractivity contribution in [2.45, 2.75) is 37.8 Å². The zero-order valence-corrected chi connectivity index (χ0v) is 18.0. The van der Waals surface area contributed by atoms with Crippen molar-refractivity contribution < 1.29 is 13.2 Å². The van der Waals surface area contributed by atoms with Crippen LogP contribution < -0.4 is 5.32 Å². The molecule has 28 heavy (non-hydrogen) atoms. The highest BCUT2D eigenvalue weighted by Crippen LogP contribution is 2.19. The minimum Gasteiger partial charge on any atom is -0.334 e. The van der Waals surface area contributed by atoms with Gasteiger partial charge in [0.15, 0.2) is 0 Å². The summed E-state index contributed by atoms with van der Waals surface area (Å²) in [7, 11) is 1.13. The lowest BCUT2D eigenvalue weighted by atomic mass is 10.0. The third-order valence-corrected chi connectivity index (χ3v) is 6.49. The average molecular weight is 404 g/mol. The molecule has 0 saturated heterocycles. The maximum Gasteiger partial charge on any atom is 0.317 e. The lowest BCUT2D eigenvalue weighted by Crippen LogP contribution is -2.36. The number of rotatable bonds is 7. The van der Waals surface area contributed by atoms with E-state index in [1.807, 2.05) is 12.1 Å². The number of urea groups is 1. The van der Waals surface area contributed by atoms with Gasteiger partial charge in [0.2, 0.25) is 10.0 Å². The minimum absolute atomic E-state index is 0.138. The Labute approximate surface area is 168 Å². The Balaban J connectivity index is 2.02. The Kier molecular flexibility index (Phi) is 7.21. The average Bonchev–Trinajstić information content (AvgIpc) is 2.66. The van der Waals surface area contributed by atoms with E-state index < -0.39 is 10.0 Å². The molecule has 0 radical (unpaired) electrons. The van der Waals surface area contributed by atoms with Crippen LogP contribution in [-0.4, -0.2) is 44.8 Å². The molecule has 2 aromatic carbocycles. The highest BCUT2D eigenvalue weighted by molar-refractivity contribution is 7.89. The molecule has 2 amide bonds. The molecule has 0 fully saturated rings. The minimum atomic E-state index is -3.57. The Morgan fingerprint density at radius 1 is 1.00 bits per heavy atom. The SMILES string of the molecule is CC(C)c1ccc(CN(C)C(=O)NCc2ccccc2S(=O)(=O)N(C)C)cc1. The summed E-state index contributed by atoms with van der Waals surface area (Å²) in [6, 6.07) is 14.6. The molecular formula is C21H29N3O3S. The van der Waals surface area contributed by atoms with Crippen molar-refractivity contribution in [2.24, 2.45) is 0 Å². The van der Waals surface area contributed by atoms with E-state index in [0.29, 0.717) is 18.0 Å². The molecule has 0 atom stereocenters. The maximum absolute atomic E-state index is 12.5. The van der Waals surface area contributed by atoms with Gasteiger partial charge in [0, 0.05) is 34.2 Å². The number of nitrogens with zero attached hydrogens (tertiary/aromatic N) is 2. The largest absolute Gasteiger partial charge is 0.334 e. The number of benzene rings is 2. The van der Waals surface area contributed by atoms with Gasteiger partial charge in [-0.05, 0) is 28.7 Å². The van der Waals surface area contributed by atoms with Gasteiger partial charge in [-0.25, -0.2) is 17.5 Å². The summed E-state index contributed by atoms with van der Waals surface area (Å²) in [5.74, 6) is 0.466. The van der Waals surface area contributed by atoms with E-state index in [-0.39, 0.29) is 17.5 Å². The van der Waals surface area contributed by atoms with E-state index in [2.05, 4.69) is 31.3 Å². The van der Waals surface area contributed by atoms with Crippen molar-refractivity contribution in [3.63, 3.8) is 0 Å². The quantitative estimate of drug-likeness (QED) is 0.770. The van der Waals surface area contributed by atoms with E-state index in [0.717, 1.165) is 5.56 Å². The molecule has 1 N–H and O–H groups in total. The topological polar surface area (TPSA) is 69.7 Å². The van der Waals surface area contributed by atoms with Gasteiger partial charge in [-0.15, -0.1) is 0 Å². The van der Waals surface area contributed by atoms with Gasteiger partial charge >= 0.3 is 6.03 Å². The van der Waals surface area contributed by atoms with E-state index in [1.54, 1.807) is 36.2 Å². The lowest BCUT2D eigenvalue weighted by molar-refractivity contribution is 0.206. The third kappa shape index (κ3) is 5.33. The van der Waals surface area contributed by atoms with Gasteiger partial charge in [0.05, 0.1) is 4.90 Å². The lowest BCUT2D eigenvalue weighted by Gasteiger charge is -2.20. The van der Waals surface area contributed by atoms with Crippen LogP contribution in [0.3, 0.4) is 0 Å². The highest BCUT2D eigenvalue weighted by atomic mass is 32.2. The fourth-order valence-corrected chi connectivity index (χ4v) is 3.87. The number of carbonyl (C=O) groups is 1. The molecule has 0 unspecified atom stereocenters. The summed E-state index contributed by atoms with van der Waals surface area (Å²) in [4.78, 5) is 14.2. The second kappa shape index (κ2) is 9.21. The summed E-state index contributed by atoms with van der Waals surface area (Å²) in [5, 5.41) is 2.80. The Morgan fingerprint density at radius 2 is 1.61 bits per heavy atom. The normalized spacial score (nSPS) is 11.7. The fraction of sp³-hybridized carbons (Fsp3) is 0.381. The Bertz CT molecular complexity index is 907. The summed E-state index contributed by atoms with van der Waals surface area (Å²) in [5.41, 5.74) is 2.85. The van der Waals surface area contributed by atoms with Gasteiger partial charge in [-0.1, -0.05) is 56.3 Å². The first-order chi connectivity index (χ1) is 13.1. The molecule has 0 aliphatic carbocycles. The molecule has 0 aliphatic heterocycles. The summed E-state index contributed by atoms with van der Waals surface area (Å²) in [6.45, 7) is 4.90. The van der Waals surface area contributed by atoms with Crippen LogP contribution in [-0.2, 0) is 23.1 Å². The number of hydrogen-bond donors (Lipinski definition) is 1. The first kappa shape index (κ1) is 21.9. The van der Waals surface area contributed by atoms with Crippen LogP contribution in [0.25, 0.3) is 0 Å². The molecule has 0 bridgehead atoms. The smallest absolute Gasteiger partial charge is 0.317 e. The summed E-state index contributed by atoms with van der Waals surface area (Å²) < 4.78 is 26.1. The summed E-state index contributed by atoms with van der Waals surface area (Å²) in [6.07, 6.45) is 0. The zero-order chi connectivity index (χ0) is 20.9. The first-order valence-electron chi connectivity index (χ1n) is 9.21. The highest BCUT2D eigenvalue weighted by Gasteiger charge is 2.21. The van der Waals surface area contributed by atoms with E-state index in [9.17, 15) is 13.2 Å². The van der Waals surface area contributed by atoms with Gasteiger partial charge in [0.1, 0.15) is 0 Å². The predicted octanol–water partition coefficient (Wildman–Crippen LogP) is 3.40. The van der Waals surface area contributed by atoms with Crippen LogP contribution in [0, 0.1) is 0 Å². The standard InChI is InChI=1S/C21H29N3O3S/c1-16(2)18-12-10-17(11-13-18)15-24(5)21(25)22-14-19-8-6-7-9-20(19)28(26,27)23(3)4/h6-13,16H,14-15H2,1-5H3,(H,22,25). The van der Waals surface area contributed by atoms with Crippen LogP contribution in [0.2, 0.25) is 0 Å². The first-order valence-corrected chi connectivity index (χ1v) is 10.6. The van der Waals surface area contributed by atoms with Gasteiger partial charge in [0.25, 0.3) is 0 Å². The van der Waals surface area contributed by atoms with Crippen molar-refractivity contribution in [2.75, 3.05) is 21.1 Å². The van der Waals surface area contributed by atoms with Crippen LogP contribution in [0.15, 0.2) is 53.4 Å². The molecule has 6 nitrogen and oxygen atoms in total. The van der Waals surface area contributed by atoms with Gasteiger partial charge in [-0.2, -0.15) is 0 Å². The Hall–Kier alpha value is -2.38. The van der Waals surface area contributed by atoms with Gasteiger partial charge < -0.3 is 10.2 Å². The number of amides is 2. The van der Waals surface area contributed by atoms with Crippen molar-refractivity contribution >= 4 is 16.1 Å². The van der Waals surface area contributed by atoms with Crippen molar-refractivity contribution in [3.05, 3.63) is 65.2 Å². The third-order valence-electron chi connectivity index (χ3n) is 4.57. The molecule has 2 aromatic rings. The van der Waals surface area contributed by atoms with Crippen molar-refractivity contribution in [3.8, 4) is 0 Å². The second-order valence-corrected chi connectivity index (χ2v) is 9.43. The summed E-state index contributed by atoms with van der Waals surface area (Å²) >= 11 is 0. The van der Waals surface area contributed by atoms with Crippen LogP contribution in [0.5, 0.6) is 0 Å². The molecular weight excluding hydrogens is 374 g/mol. The van der Waals surface area contributed by atoms with E-state index >= 15 is 0 Å². The zero-order valence-electron chi connectivity index (χ0n) is 17.1. The number of sulfonamides is 1. The number of carbonyl (C=O) groups excluding carboxylic acids is 1.